The van der Waals surface area contributed by atoms with E-state index in [4.69, 9.17) is 13.3 Å². The molecule has 7 rings (SSSR count). The summed E-state index contributed by atoms with van der Waals surface area (Å²) in [6.07, 6.45) is 0. The highest BCUT2D eigenvalue weighted by atomic mass is 16.4. The van der Waals surface area contributed by atoms with E-state index in [0.29, 0.717) is 16.4 Å². The van der Waals surface area contributed by atoms with Crippen molar-refractivity contribution in [2.75, 3.05) is 0 Å². The molecule has 0 aliphatic heterocycles. The summed E-state index contributed by atoms with van der Waals surface area (Å²) in [5.41, 5.74) is -0.585. The quantitative estimate of drug-likeness (QED) is 0.234. The zero-order chi connectivity index (χ0) is 23.0. The Hall–Kier alpha value is -4.84. The summed E-state index contributed by atoms with van der Waals surface area (Å²) in [5.74, 6) is -0.232. The van der Waals surface area contributed by atoms with Gasteiger partial charge in [-0.1, -0.05) is 60.7 Å². The van der Waals surface area contributed by atoms with Gasteiger partial charge in [0, 0.05) is 6.07 Å². The van der Waals surface area contributed by atoms with Gasteiger partial charge in [-0.15, -0.1) is 0 Å². The minimum Gasteiger partial charge on any atom is -0.506 e. The van der Waals surface area contributed by atoms with E-state index >= 15 is 0 Å². The van der Waals surface area contributed by atoms with E-state index in [0.717, 1.165) is 21.5 Å². The second-order valence-electron chi connectivity index (χ2n) is 8.18. The molecule has 3 heterocycles. The summed E-state index contributed by atoms with van der Waals surface area (Å²) in [6, 6.07) is 23.6. The minimum absolute atomic E-state index is 0.0313. The molecule has 0 saturated heterocycles. The molecule has 1 N–H and O–H groups in total. The highest BCUT2D eigenvalue weighted by molar-refractivity contribution is 6.17. The first-order chi connectivity index (χ1) is 16.6. The molecular weight excluding hydrogens is 432 g/mol. The summed E-state index contributed by atoms with van der Waals surface area (Å²) in [6.45, 7) is 0. The molecule has 162 valence electrons. The zero-order valence-corrected chi connectivity index (χ0v) is 17.5. The van der Waals surface area contributed by atoms with Crippen LogP contribution in [0.5, 0.6) is 5.75 Å². The summed E-state index contributed by atoms with van der Waals surface area (Å²) in [4.78, 5) is 25.7. The largest absolute Gasteiger partial charge is 0.506 e. The van der Waals surface area contributed by atoms with E-state index in [1.165, 1.54) is 6.07 Å². The fourth-order valence-electron chi connectivity index (χ4n) is 4.75. The Morgan fingerprint density at radius 2 is 1.18 bits per heavy atom. The SMILES string of the molecule is O=c1oc2ccc3ccccc3c2c(O)c1-c1cc2c(=O)oc3ccc4ccccc4c3c2o1. The molecule has 0 spiro atoms. The van der Waals surface area contributed by atoms with Crippen molar-refractivity contribution in [3.05, 3.63) is 99.7 Å². The average Bonchev–Trinajstić information content (AvgIpc) is 3.29. The number of hydrogen-bond acceptors (Lipinski definition) is 6. The second kappa shape index (κ2) is 6.59. The Morgan fingerprint density at radius 3 is 1.88 bits per heavy atom. The van der Waals surface area contributed by atoms with Crippen LogP contribution in [0.25, 0.3) is 65.8 Å². The maximum atomic E-state index is 12.9. The predicted octanol–water partition coefficient (Wildman–Crippen LogP) is 6.32. The van der Waals surface area contributed by atoms with Crippen molar-refractivity contribution in [3.8, 4) is 17.1 Å². The number of rotatable bonds is 1. The van der Waals surface area contributed by atoms with Crippen molar-refractivity contribution < 1.29 is 18.4 Å². The van der Waals surface area contributed by atoms with Gasteiger partial charge >= 0.3 is 11.3 Å². The number of benzene rings is 4. The van der Waals surface area contributed by atoms with E-state index in [1.54, 1.807) is 12.1 Å². The maximum Gasteiger partial charge on any atom is 0.351 e. The molecule has 6 heteroatoms. The number of aromatic hydroxyl groups is 1. The molecule has 0 saturated carbocycles. The van der Waals surface area contributed by atoms with Crippen molar-refractivity contribution in [1.29, 1.82) is 0 Å². The van der Waals surface area contributed by atoms with Gasteiger partial charge in [-0.25, -0.2) is 9.59 Å². The molecule has 0 unspecified atom stereocenters. The third kappa shape index (κ3) is 2.45. The fraction of sp³-hybridized carbons (Fsp3) is 0. The van der Waals surface area contributed by atoms with Gasteiger partial charge in [0.15, 0.2) is 5.58 Å². The second-order valence-corrected chi connectivity index (χ2v) is 8.18. The third-order valence-electron chi connectivity index (χ3n) is 6.29. The van der Waals surface area contributed by atoms with Gasteiger partial charge in [-0.05, 0) is 33.7 Å². The molecule has 0 atom stereocenters. The van der Waals surface area contributed by atoms with Gasteiger partial charge in [0.25, 0.3) is 0 Å². The lowest BCUT2D eigenvalue weighted by atomic mass is 10.0. The fourth-order valence-corrected chi connectivity index (χ4v) is 4.75. The number of fused-ring (bicyclic) bond motifs is 8. The molecule has 0 amide bonds. The molecule has 0 aliphatic rings. The van der Waals surface area contributed by atoms with Crippen LogP contribution in [-0.2, 0) is 0 Å². The molecule has 7 aromatic rings. The standard InChI is InChI=1S/C28H14O6/c29-25-22-16-7-3-1-5-14(16)9-11-19(22)34-28(31)24(25)21-13-18-26(32-21)23-17-8-4-2-6-15(17)10-12-20(23)33-27(18)30/h1-13,29H. The Kier molecular flexibility index (Phi) is 3.62. The number of hydrogen-bond donors (Lipinski definition) is 1. The molecule has 34 heavy (non-hydrogen) atoms. The molecular formula is C28H14O6. The molecule has 0 aliphatic carbocycles. The molecule has 0 bridgehead atoms. The lowest BCUT2D eigenvalue weighted by molar-refractivity contribution is 0.468. The molecule has 4 aromatic carbocycles. The van der Waals surface area contributed by atoms with Gasteiger partial charge in [-0.2, -0.15) is 0 Å². The Balaban J connectivity index is 1.62. The lowest BCUT2D eigenvalue weighted by Gasteiger charge is -2.07. The van der Waals surface area contributed by atoms with Gasteiger partial charge < -0.3 is 18.4 Å². The zero-order valence-electron chi connectivity index (χ0n) is 17.5. The molecule has 0 radical (unpaired) electrons. The monoisotopic (exact) mass is 446 g/mol. The average molecular weight is 446 g/mol. The van der Waals surface area contributed by atoms with Gasteiger partial charge in [-0.3, -0.25) is 0 Å². The van der Waals surface area contributed by atoms with Crippen molar-refractivity contribution in [2.45, 2.75) is 0 Å². The van der Waals surface area contributed by atoms with Crippen LogP contribution in [0.15, 0.2) is 102 Å². The van der Waals surface area contributed by atoms with Crippen LogP contribution in [0.1, 0.15) is 0 Å². The predicted molar refractivity (Wildman–Crippen MR) is 130 cm³/mol. The van der Waals surface area contributed by atoms with Crippen molar-refractivity contribution >= 4 is 54.5 Å². The van der Waals surface area contributed by atoms with E-state index in [-0.39, 0.29) is 33.6 Å². The maximum absolute atomic E-state index is 12.9. The summed E-state index contributed by atoms with van der Waals surface area (Å²) < 4.78 is 17.2. The first-order valence-corrected chi connectivity index (χ1v) is 10.7. The third-order valence-corrected chi connectivity index (χ3v) is 6.29. The van der Waals surface area contributed by atoms with Crippen LogP contribution in [0, 0.1) is 0 Å². The lowest BCUT2D eigenvalue weighted by Crippen LogP contribution is -2.03. The van der Waals surface area contributed by atoms with E-state index in [9.17, 15) is 14.7 Å². The Morgan fingerprint density at radius 1 is 0.588 bits per heavy atom. The van der Waals surface area contributed by atoms with Crippen molar-refractivity contribution in [2.24, 2.45) is 0 Å². The first kappa shape index (κ1) is 18.7. The normalized spacial score (nSPS) is 11.9. The van der Waals surface area contributed by atoms with Crippen LogP contribution in [0.3, 0.4) is 0 Å². The van der Waals surface area contributed by atoms with Gasteiger partial charge in [0.1, 0.15) is 33.6 Å². The first-order valence-electron chi connectivity index (χ1n) is 10.7. The van der Waals surface area contributed by atoms with E-state index < -0.39 is 11.3 Å². The van der Waals surface area contributed by atoms with Crippen LogP contribution in [0.2, 0.25) is 0 Å². The van der Waals surface area contributed by atoms with Crippen LogP contribution in [0.4, 0.5) is 0 Å². The smallest absolute Gasteiger partial charge is 0.351 e. The molecule has 0 fully saturated rings. The Labute approximate surface area is 189 Å². The minimum atomic E-state index is -0.766. The molecule has 6 nitrogen and oxygen atoms in total. The summed E-state index contributed by atoms with van der Waals surface area (Å²) >= 11 is 0. The van der Waals surface area contributed by atoms with E-state index in [1.807, 2.05) is 60.7 Å². The van der Waals surface area contributed by atoms with Crippen LogP contribution < -0.4 is 11.3 Å². The highest BCUT2D eigenvalue weighted by Crippen LogP contribution is 2.40. The highest BCUT2D eigenvalue weighted by Gasteiger charge is 2.23. The summed E-state index contributed by atoms with van der Waals surface area (Å²) in [7, 11) is 0. The van der Waals surface area contributed by atoms with Crippen molar-refractivity contribution in [3.63, 3.8) is 0 Å². The Bertz CT molecular complexity index is 2070. The van der Waals surface area contributed by atoms with E-state index in [2.05, 4.69) is 0 Å². The van der Waals surface area contributed by atoms with Gasteiger partial charge in [0.05, 0.1) is 10.8 Å². The van der Waals surface area contributed by atoms with Crippen LogP contribution in [-0.4, -0.2) is 5.11 Å². The number of furan rings is 1. The van der Waals surface area contributed by atoms with Crippen molar-refractivity contribution in [1.82, 2.24) is 0 Å². The molecule has 3 aromatic heterocycles. The van der Waals surface area contributed by atoms with Crippen LogP contribution >= 0.6 is 0 Å². The summed E-state index contributed by atoms with van der Waals surface area (Å²) in [5, 5.41) is 15.8. The van der Waals surface area contributed by atoms with Gasteiger partial charge in [0.2, 0.25) is 0 Å². The topological polar surface area (TPSA) is 93.8 Å².